The highest BCUT2D eigenvalue weighted by Crippen LogP contribution is 2.02. The van der Waals surface area contributed by atoms with E-state index in [1.807, 2.05) is 19.9 Å². The summed E-state index contributed by atoms with van der Waals surface area (Å²) in [4.78, 5) is 11.8. The third kappa shape index (κ3) is 2.08. The Hall–Kier alpha value is -1.78. The predicted molar refractivity (Wildman–Crippen MR) is 59.3 cm³/mol. The fourth-order valence-electron chi connectivity index (χ4n) is 1.65. The first kappa shape index (κ1) is 10.7. The van der Waals surface area contributed by atoms with Crippen molar-refractivity contribution in [3.8, 4) is 0 Å². The zero-order valence-corrected chi connectivity index (χ0v) is 9.51. The van der Waals surface area contributed by atoms with Crippen LogP contribution >= 0.6 is 0 Å². The van der Waals surface area contributed by atoms with Crippen LogP contribution in [0.15, 0.2) is 27.8 Å². The molecule has 0 fully saturated rings. The first-order valence-corrected chi connectivity index (χ1v) is 5.38. The van der Waals surface area contributed by atoms with E-state index < -0.39 is 0 Å². The van der Waals surface area contributed by atoms with Gasteiger partial charge in [0.1, 0.15) is 11.5 Å². The molecule has 0 aliphatic carbocycles. The SMILES string of the molecule is CCCn1ccn(Cc2cc(C)on2)c1=O. The van der Waals surface area contributed by atoms with Crippen molar-refractivity contribution < 1.29 is 4.52 Å². The Labute approximate surface area is 93.3 Å². The third-order valence-electron chi connectivity index (χ3n) is 2.39. The molecule has 2 aromatic rings. The van der Waals surface area contributed by atoms with Gasteiger partial charge in [0.2, 0.25) is 0 Å². The molecular formula is C11H15N3O2. The van der Waals surface area contributed by atoms with Gasteiger partial charge in [-0.2, -0.15) is 0 Å². The maximum absolute atomic E-state index is 11.8. The highest BCUT2D eigenvalue weighted by molar-refractivity contribution is 5.04. The molecule has 5 nitrogen and oxygen atoms in total. The van der Waals surface area contributed by atoms with Crippen molar-refractivity contribution in [1.29, 1.82) is 0 Å². The zero-order chi connectivity index (χ0) is 11.5. The van der Waals surface area contributed by atoms with E-state index in [1.165, 1.54) is 0 Å². The highest BCUT2D eigenvalue weighted by Gasteiger charge is 2.05. The van der Waals surface area contributed by atoms with Crippen LogP contribution in [0.4, 0.5) is 0 Å². The minimum atomic E-state index is 0.00232. The Balaban J connectivity index is 2.19. The molecule has 0 saturated heterocycles. The van der Waals surface area contributed by atoms with E-state index in [0.717, 1.165) is 24.4 Å². The van der Waals surface area contributed by atoms with Gasteiger partial charge in [-0.15, -0.1) is 0 Å². The molecule has 0 radical (unpaired) electrons. The second-order valence-corrected chi connectivity index (χ2v) is 3.83. The van der Waals surface area contributed by atoms with Crippen LogP contribution in [0.5, 0.6) is 0 Å². The van der Waals surface area contributed by atoms with E-state index in [2.05, 4.69) is 5.16 Å². The van der Waals surface area contributed by atoms with Gasteiger partial charge in [0.05, 0.1) is 6.54 Å². The molecule has 2 aromatic heterocycles. The molecule has 0 aromatic carbocycles. The lowest BCUT2D eigenvalue weighted by Crippen LogP contribution is -2.24. The third-order valence-corrected chi connectivity index (χ3v) is 2.39. The zero-order valence-electron chi connectivity index (χ0n) is 9.51. The standard InChI is InChI=1S/C11H15N3O2/c1-3-4-13-5-6-14(11(13)15)8-10-7-9(2)16-12-10/h5-7H,3-4,8H2,1-2H3. The van der Waals surface area contributed by atoms with Crippen LogP contribution in [0.1, 0.15) is 24.8 Å². The largest absolute Gasteiger partial charge is 0.361 e. The number of nitrogens with zero attached hydrogens (tertiary/aromatic N) is 3. The monoisotopic (exact) mass is 221 g/mol. The molecule has 0 N–H and O–H groups in total. The second kappa shape index (κ2) is 4.38. The van der Waals surface area contributed by atoms with Crippen molar-refractivity contribution in [3.05, 3.63) is 40.4 Å². The summed E-state index contributed by atoms with van der Waals surface area (Å²) < 4.78 is 8.29. The van der Waals surface area contributed by atoms with E-state index in [9.17, 15) is 4.79 Å². The van der Waals surface area contributed by atoms with Gasteiger partial charge >= 0.3 is 5.69 Å². The Morgan fingerprint density at radius 3 is 2.75 bits per heavy atom. The quantitative estimate of drug-likeness (QED) is 0.784. The van der Waals surface area contributed by atoms with E-state index >= 15 is 0 Å². The lowest BCUT2D eigenvalue weighted by Gasteiger charge is -1.97. The number of hydrogen-bond donors (Lipinski definition) is 0. The molecule has 0 aliphatic rings. The van der Waals surface area contributed by atoms with Crippen LogP contribution in [0.3, 0.4) is 0 Å². The summed E-state index contributed by atoms with van der Waals surface area (Å²) in [6, 6.07) is 1.84. The molecular weight excluding hydrogens is 206 g/mol. The van der Waals surface area contributed by atoms with Crippen molar-refractivity contribution in [2.75, 3.05) is 0 Å². The summed E-state index contributed by atoms with van der Waals surface area (Å²) in [7, 11) is 0. The van der Waals surface area contributed by atoms with Crippen molar-refractivity contribution in [3.63, 3.8) is 0 Å². The lowest BCUT2D eigenvalue weighted by molar-refractivity contribution is 0.388. The molecule has 86 valence electrons. The number of imidazole rings is 1. The van der Waals surface area contributed by atoms with E-state index in [1.54, 1.807) is 21.5 Å². The van der Waals surface area contributed by atoms with Crippen LogP contribution in [-0.4, -0.2) is 14.3 Å². The van der Waals surface area contributed by atoms with Crippen LogP contribution in [-0.2, 0) is 13.1 Å². The van der Waals surface area contributed by atoms with Gasteiger partial charge in [0.25, 0.3) is 0 Å². The van der Waals surface area contributed by atoms with Crippen molar-refractivity contribution in [1.82, 2.24) is 14.3 Å². The van der Waals surface area contributed by atoms with E-state index in [0.29, 0.717) is 6.54 Å². The first-order chi connectivity index (χ1) is 7.70. The Kier molecular flexibility index (Phi) is 2.94. The molecule has 0 spiro atoms. The number of aryl methyl sites for hydroxylation is 2. The van der Waals surface area contributed by atoms with E-state index in [-0.39, 0.29) is 5.69 Å². The van der Waals surface area contributed by atoms with Crippen LogP contribution in [0, 0.1) is 6.92 Å². The van der Waals surface area contributed by atoms with Gasteiger partial charge in [-0.05, 0) is 13.3 Å². The summed E-state index contributed by atoms with van der Waals surface area (Å²) >= 11 is 0. The minimum Gasteiger partial charge on any atom is -0.361 e. The average molecular weight is 221 g/mol. The minimum absolute atomic E-state index is 0.00232. The van der Waals surface area contributed by atoms with Crippen molar-refractivity contribution >= 4 is 0 Å². The smallest absolute Gasteiger partial charge is 0.328 e. The van der Waals surface area contributed by atoms with E-state index in [4.69, 9.17) is 4.52 Å². The summed E-state index contributed by atoms with van der Waals surface area (Å²) in [5, 5.41) is 3.86. The predicted octanol–water partition coefficient (Wildman–Crippen LogP) is 1.40. The van der Waals surface area contributed by atoms with Crippen molar-refractivity contribution in [2.24, 2.45) is 0 Å². The topological polar surface area (TPSA) is 53.0 Å². The first-order valence-electron chi connectivity index (χ1n) is 5.38. The molecule has 16 heavy (non-hydrogen) atoms. The molecule has 0 atom stereocenters. The van der Waals surface area contributed by atoms with Crippen LogP contribution in [0.25, 0.3) is 0 Å². The number of rotatable bonds is 4. The fraction of sp³-hybridized carbons (Fsp3) is 0.455. The van der Waals surface area contributed by atoms with Gasteiger partial charge in [0, 0.05) is 25.0 Å². The Morgan fingerprint density at radius 2 is 2.12 bits per heavy atom. The maximum atomic E-state index is 11.8. The molecule has 2 heterocycles. The molecule has 2 rings (SSSR count). The summed E-state index contributed by atoms with van der Waals surface area (Å²) in [6.45, 7) is 5.10. The average Bonchev–Trinajstić information content (AvgIpc) is 2.80. The molecule has 0 bridgehead atoms. The molecule has 0 amide bonds. The van der Waals surface area contributed by atoms with Crippen LogP contribution < -0.4 is 5.69 Å². The molecule has 5 heteroatoms. The van der Waals surface area contributed by atoms with Crippen molar-refractivity contribution in [2.45, 2.75) is 33.4 Å². The van der Waals surface area contributed by atoms with Gasteiger partial charge in [-0.3, -0.25) is 9.13 Å². The normalized spacial score (nSPS) is 10.9. The molecule has 0 saturated carbocycles. The number of aromatic nitrogens is 3. The molecule has 0 unspecified atom stereocenters. The van der Waals surface area contributed by atoms with Gasteiger partial charge in [-0.25, -0.2) is 4.79 Å². The Bertz CT molecular complexity index is 521. The number of hydrogen-bond acceptors (Lipinski definition) is 3. The molecule has 0 aliphatic heterocycles. The van der Waals surface area contributed by atoms with Gasteiger partial charge in [0.15, 0.2) is 0 Å². The Morgan fingerprint density at radius 1 is 1.38 bits per heavy atom. The summed E-state index contributed by atoms with van der Waals surface area (Å²) in [5.41, 5.74) is 0.774. The summed E-state index contributed by atoms with van der Waals surface area (Å²) in [6.07, 6.45) is 4.54. The van der Waals surface area contributed by atoms with Gasteiger partial charge in [-0.1, -0.05) is 12.1 Å². The maximum Gasteiger partial charge on any atom is 0.328 e. The lowest BCUT2D eigenvalue weighted by atomic mass is 10.4. The fourth-order valence-corrected chi connectivity index (χ4v) is 1.65. The van der Waals surface area contributed by atoms with Gasteiger partial charge < -0.3 is 4.52 Å². The second-order valence-electron chi connectivity index (χ2n) is 3.83. The summed E-state index contributed by atoms with van der Waals surface area (Å²) in [5.74, 6) is 0.760. The van der Waals surface area contributed by atoms with Crippen LogP contribution in [0.2, 0.25) is 0 Å². The highest BCUT2D eigenvalue weighted by atomic mass is 16.5.